The van der Waals surface area contributed by atoms with Crippen LogP contribution in [0.3, 0.4) is 0 Å². The summed E-state index contributed by atoms with van der Waals surface area (Å²) in [5.74, 6) is 0. The molecule has 1 aromatic heterocycles. The second-order valence-corrected chi connectivity index (χ2v) is 7.17. The van der Waals surface area contributed by atoms with Crippen molar-refractivity contribution in [3.63, 3.8) is 0 Å². The van der Waals surface area contributed by atoms with E-state index >= 15 is 0 Å². The molecule has 1 heterocycles. The Labute approximate surface area is 118 Å². The van der Waals surface area contributed by atoms with Crippen LogP contribution in [-0.4, -0.2) is 20.2 Å². The molecule has 3 nitrogen and oxygen atoms in total. The molecule has 0 amide bonds. The Bertz CT molecular complexity index is 533. The Kier molecular flexibility index (Phi) is 5.07. The average Bonchev–Trinajstić information content (AvgIpc) is 2.33. The van der Waals surface area contributed by atoms with Crippen LogP contribution >= 0.6 is 0 Å². The highest BCUT2D eigenvalue weighted by Crippen LogP contribution is 2.28. The molecule has 1 unspecified atom stereocenters. The van der Waals surface area contributed by atoms with Gasteiger partial charge in [-0.15, -0.1) is 0 Å². The maximum Gasteiger partial charge on any atom is 0.433 e. The largest absolute Gasteiger partial charge is 0.433 e. The minimum atomic E-state index is -4.50. The molecule has 0 bridgehead atoms. The highest BCUT2D eigenvalue weighted by molar-refractivity contribution is 7.85. The molecule has 0 aliphatic rings. The molecule has 0 fully saturated rings. The first-order valence-corrected chi connectivity index (χ1v) is 7.19. The van der Waals surface area contributed by atoms with E-state index in [0.29, 0.717) is 12.0 Å². The number of aromatic nitrogens is 1. The molecule has 20 heavy (non-hydrogen) atoms. The van der Waals surface area contributed by atoms with Gasteiger partial charge >= 0.3 is 6.18 Å². The Morgan fingerprint density at radius 2 is 1.90 bits per heavy atom. The number of nitrogens with zero attached hydrogens (tertiary/aromatic N) is 2. The van der Waals surface area contributed by atoms with Crippen LogP contribution in [0.1, 0.15) is 44.6 Å². The molecule has 0 radical (unpaired) electrons. The number of halogens is 3. The summed E-state index contributed by atoms with van der Waals surface area (Å²) in [7, 11) is -1.53. The number of alkyl halides is 3. The second-order valence-electron chi connectivity index (χ2n) is 5.23. The van der Waals surface area contributed by atoms with Gasteiger partial charge in [0.05, 0.1) is 16.7 Å². The van der Waals surface area contributed by atoms with Crippen molar-refractivity contribution in [1.82, 2.24) is 4.98 Å². The zero-order chi connectivity index (χ0) is 15.6. The first-order valence-electron chi connectivity index (χ1n) is 6.08. The van der Waals surface area contributed by atoms with Gasteiger partial charge in [0.15, 0.2) is 0 Å². The fourth-order valence-electron chi connectivity index (χ4n) is 1.29. The van der Waals surface area contributed by atoms with Gasteiger partial charge in [0, 0.05) is 0 Å². The van der Waals surface area contributed by atoms with Crippen molar-refractivity contribution in [3.8, 4) is 0 Å². The molecule has 1 aromatic rings. The smallest absolute Gasteiger partial charge is 0.242 e. The van der Waals surface area contributed by atoms with E-state index in [4.69, 9.17) is 0 Å². The zero-order valence-corrected chi connectivity index (χ0v) is 12.6. The maximum absolute atomic E-state index is 12.7. The summed E-state index contributed by atoms with van der Waals surface area (Å²) in [6.45, 7) is 6.95. The normalized spacial score (nSPS) is 14.8. The van der Waals surface area contributed by atoms with Crippen LogP contribution in [-0.2, 0) is 23.6 Å². The van der Waals surface area contributed by atoms with Crippen molar-refractivity contribution < 1.29 is 17.4 Å². The van der Waals surface area contributed by atoms with E-state index in [0.717, 1.165) is 12.3 Å². The summed E-state index contributed by atoms with van der Waals surface area (Å²) < 4.78 is 53.1. The molecule has 0 aromatic carbocycles. The summed E-state index contributed by atoms with van der Waals surface area (Å²) in [6, 6.07) is 2.52. The van der Waals surface area contributed by atoms with E-state index < -0.39 is 27.6 Å². The summed E-state index contributed by atoms with van der Waals surface area (Å²) in [5, 5.41) is 0. The minimum Gasteiger partial charge on any atom is -0.242 e. The van der Waals surface area contributed by atoms with Gasteiger partial charge in [-0.1, -0.05) is 6.92 Å². The van der Waals surface area contributed by atoms with Gasteiger partial charge in [-0.25, -0.2) is 9.19 Å². The molecule has 0 N–H and O–H groups in total. The molecule has 0 saturated heterocycles. The van der Waals surface area contributed by atoms with Crippen molar-refractivity contribution in [1.29, 1.82) is 0 Å². The molecule has 0 aliphatic heterocycles. The predicted molar refractivity (Wildman–Crippen MR) is 74.1 cm³/mol. The van der Waals surface area contributed by atoms with E-state index in [1.54, 1.807) is 27.7 Å². The van der Waals surface area contributed by atoms with Gasteiger partial charge in [0.25, 0.3) is 0 Å². The third-order valence-electron chi connectivity index (χ3n) is 2.41. The topological polar surface area (TPSA) is 42.3 Å². The summed E-state index contributed by atoms with van der Waals surface area (Å²) in [4.78, 5) is 3.50. The van der Waals surface area contributed by atoms with Gasteiger partial charge in [-0.2, -0.15) is 17.6 Å². The first-order chi connectivity index (χ1) is 9.04. The van der Waals surface area contributed by atoms with Crippen LogP contribution in [0.4, 0.5) is 13.2 Å². The Hall–Kier alpha value is -1.24. The average molecular weight is 306 g/mol. The molecule has 0 aliphatic carbocycles. The third kappa shape index (κ3) is 4.70. The third-order valence-corrected chi connectivity index (χ3v) is 3.75. The van der Waals surface area contributed by atoms with Gasteiger partial charge < -0.3 is 0 Å². The highest BCUT2D eigenvalue weighted by Gasteiger charge is 2.33. The quantitative estimate of drug-likeness (QED) is 0.802. The number of pyridine rings is 1. The number of aryl methyl sites for hydroxylation is 1. The summed E-state index contributed by atoms with van der Waals surface area (Å²) >= 11 is 0. The van der Waals surface area contributed by atoms with E-state index in [1.165, 1.54) is 6.07 Å². The minimum absolute atomic E-state index is 0.0641. The van der Waals surface area contributed by atoms with Crippen LogP contribution in [0.5, 0.6) is 0 Å². The molecule has 7 heteroatoms. The lowest BCUT2D eigenvalue weighted by molar-refractivity contribution is -0.141. The Morgan fingerprint density at radius 1 is 1.30 bits per heavy atom. The van der Waals surface area contributed by atoms with Crippen molar-refractivity contribution in [3.05, 3.63) is 29.1 Å². The lowest BCUT2D eigenvalue weighted by atomic mass is 10.1. The molecule has 112 valence electrons. The highest BCUT2D eigenvalue weighted by atomic mass is 32.2. The fraction of sp³-hybridized carbons (Fsp3) is 0.538. The lowest BCUT2D eigenvalue weighted by Crippen LogP contribution is -2.19. The standard InChI is InChI=1S/C13H17F3N2OS/c1-5-9-6-10(8-17-20(19)12(2,3)4)18-11(7-9)13(14,15)16/h6-8H,5H2,1-4H3. The van der Waals surface area contributed by atoms with Gasteiger partial charge in [0.1, 0.15) is 16.7 Å². The van der Waals surface area contributed by atoms with Crippen LogP contribution in [0.2, 0.25) is 0 Å². The van der Waals surface area contributed by atoms with Crippen molar-refractivity contribution in [2.24, 2.45) is 4.40 Å². The zero-order valence-electron chi connectivity index (χ0n) is 11.8. The SMILES string of the molecule is CCc1cc(C=NS(=O)C(C)(C)C)nc(C(F)(F)F)c1. The predicted octanol–water partition coefficient (Wildman–Crippen LogP) is 3.54. The fourth-order valence-corrected chi connectivity index (χ4v) is 1.81. The lowest BCUT2D eigenvalue weighted by Gasteiger charge is -2.13. The van der Waals surface area contributed by atoms with Gasteiger partial charge in [-0.3, -0.25) is 0 Å². The van der Waals surface area contributed by atoms with Crippen LogP contribution in [0.25, 0.3) is 0 Å². The first kappa shape index (κ1) is 16.8. The molecule has 1 atom stereocenters. The van der Waals surface area contributed by atoms with E-state index in [9.17, 15) is 17.4 Å². The van der Waals surface area contributed by atoms with Crippen molar-refractivity contribution in [2.45, 2.75) is 45.0 Å². The number of hydrogen-bond acceptors (Lipinski definition) is 2. The maximum atomic E-state index is 12.7. The molecule has 0 saturated carbocycles. The van der Waals surface area contributed by atoms with Gasteiger partial charge in [0.2, 0.25) is 0 Å². The molecular formula is C13H17F3N2OS. The van der Waals surface area contributed by atoms with Crippen molar-refractivity contribution in [2.75, 3.05) is 0 Å². The van der Waals surface area contributed by atoms with E-state index in [1.807, 2.05) is 0 Å². The number of hydrogen-bond donors (Lipinski definition) is 0. The monoisotopic (exact) mass is 306 g/mol. The van der Waals surface area contributed by atoms with Crippen molar-refractivity contribution >= 4 is 17.2 Å². The molecule has 0 spiro atoms. The van der Waals surface area contributed by atoms with Crippen LogP contribution in [0.15, 0.2) is 16.5 Å². The van der Waals surface area contributed by atoms with E-state index in [-0.39, 0.29) is 5.69 Å². The summed E-state index contributed by atoms with van der Waals surface area (Å²) in [6.07, 6.45) is -2.92. The Balaban J connectivity index is 3.13. The second kappa shape index (κ2) is 6.03. The van der Waals surface area contributed by atoms with Crippen LogP contribution in [0, 0.1) is 0 Å². The van der Waals surface area contributed by atoms with Crippen LogP contribution < -0.4 is 0 Å². The summed E-state index contributed by atoms with van der Waals surface area (Å²) in [5.41, 5.74) is -0.385. The number of rotatable bonds is 3. The Morgan fingerprint density at radius 3 is 2.35 bits per heavy atom. The molecule has 1 rings (SSSR count). The molecular weight excluding hydrogens is 289 g/mol. The van der Waals surface area contributed by atoms with E-state index in [2.05, 4.69) is 9.38 Å². The van der Waals surface area contributed by atoms with Gasteiger partial charge in [-0.05, 0) is 44.9 Å².